The number of aromatic nitrogens is 2. The van der Waals surface area contributed by atoms with Crippen LogP contribution < -0.4 is 16.7 Å². The summed E-state index contributed by atoms with van der Waals surface area (Å²) in [7, 11) is 1.21. The third-order valence-corrected chi connectivity index (χ3v) is 4.37. The number of anilines is 1. The van der Waals surface area contributed by atoms with E-state index in [9.17, 15) is 19.5 Å². The number of benzene rings is 1. The number of carbonyl (C=O) groups is 2. The summed E-state index contributed by atoms with van der Waals surface area (Å²) in [6.45, 7) is 0. The number of esters is 1. The number of hydrogen-bond acceptors (Lipinski definition) is 8. The van der Waals surface area contributed by atoms with Gasteiger partial charge in [0.05, 0.1) is 13.2 Å². The maximum absolute atomic E-state index is 12.6. The molecule has 1 aromatic heterocycles. The van der Waals surface area contributed by atoms with Crippen LogP contribution in [0.1, 0.15) is 24.3 Å². The van der Waals surface area contributed by atoms with Gasteiger partial charge in [-0.05, 0) is 11.6 Å². The van der Waals surface area contributed by atoms with Gasteiger partial charge in [-0.1, -0.05) is 30.3 Å². The van der Waals surface area contributed by atoms with E-state index in [0.717, 1.165) is 4.57 Å². The summed E-state index contributed by atoms with van der Waals surface area (Å²) < 4.78 is 11.5. The van der Waals surface area contributed by atoms with Crippen molar-refractivity contribution < 1.29 is 24.2 Å². The Labute approximate surface area is 159 Å². The third-order valence-electron chi connectivity index (χ3n) is 4.37. The lowest BCUT2D eigenvalue weighted by Gasteiger charge is -2.20. The molecule has 28 heavy (non-hydrogen) atoms. The molecule has 1 amide bonds. The van der Waals surface area contributed by atoms with Gasteiger partial charge in [0.2, 0.25) is 0 Å². The van der Waals surface area contributed by atoms with Crippen LogP contribution in [0.4, 0.5) is 5.82 Å². The minimum absolute atomic E-state index is 0.00216. The van der Waals surface area contributed by atoms with Crippen LogP contribution in [0.15, 0.2) is 47.4 Å². The van der Waals surface area contributed by atoms with Crippen molar-refractivity contribution in [2.75, 3.05) is 12.8 Å². The van der Waals surface area contributed by atoms with Crippen molar-refractivity contribution in [3.63, 3.8) is 0 Å². The summed E-state index contributed by atoms with van der Waals surface area (Å²) in [6, 6.07) is 8.88. The van der Waals surface area contributed by atoms with Gasteiger partial charge in [0.15, 0.2) is 12.1 Å². The first-order valence-corrected chi connectivity index (χ1v) is 8.52. The monoisotopic (exact) mass is 388 g/mol. The predicted octanol–water partition coefficient (Wildman–Crippen LogP) is -0.496. The molecule has 2 heterocycles. The van der Waals surface area contributed by atoms with E-state index in [4.69, 9.17) is 15.2 Å². The Morgan fingerprint density at radius 2 is 2.07 bits per heavy atom. The van der Waals surface area contributed by atoms with Gasteiger partial charge >= 0.3 is 11.7 Å². The SMILES string of the molecule is COC(=O)C(NC(=O)C1OC(n2ccc(N)nc2=O)CC1O)c1ccccc1. The van der Waals surface area contributed by atoms with Gasteiger partial charge in [-0.2, -0.15) is 4.98 Å². The number of rotatable bonds is 5. The number of amides is 1. The van der Waals surface area contributed by atoms with Gasteiger partial charge in [-0.3, -0.25) is 9.36 Å². The number of aliphatic hydroxyl groups is 1. The summed E-state index contributed by atoms with van der Waals surface area (Å²) in [6.07, 6.45) is -1.96. The highest BCUT2D eigenvalue weighted by Gasteiger charge is 2.41. The van der Waals surface area contributed by atoms with Gasteiger partial charge < -0.3 is 25.6 Å². The van der Waals surface area contributed by atoms with E-state index >= 15 is 0 Å². The first-order chi connectivity index (χ1) is 13.4. The first-order valence-electron chi connectivity index (χ1n) is 8.52. The molecule has 10 heteroatoms. The molecule has 4 unspecified atom stereocenters. The molecule has 148 valence electrons. The van der Waals surface area contributed by atoms with E-state index in [1.165, 1.54) is 19.4 Å². The average Bonchev–Trinajstić information content (AvgIpc) is 3.07. The number of aliphatic hydroxyl groups excluding tert-OH is 1. The number of carbonyl (C=O) groups excluding carboxylic acids is 2. The van der Waals surface area contributed by atoms with Crippen molar-refractivity contribution in [2.45, 2.75) is 30.9 Å². The van der Waals surface area contributed by atoms with E-state index in [1.807, 2.05) is 0 Å². The normalized spacial score (nSPS) is 22.4. The smallest absolute Gasteiger partial charge is 0.351 e. The summed E-state index contributed by atoms with van der Waals surface area (Å²) in [5, 5.41) is 12.8. The quantitative estimate of drug-likeness (QED) is 0.581. The van der Waals surface area contributed by atoms with Crippen molar-refractivity contribution >= 4 is 17.7 Å². The Hall–Kier alpha value is -3.24. The molecule has 4 N–H and O–H groups in total. The van der Waals surface area contributed by atoms with Gasteiger partial charge in [0.1, 0.15) is 12.0 Å². The maximum Gasteiger partial charge on any atom is 0.351 e. The maximum atomic E-state index is 12.6. The van der Waals surface area contributed by atoms with Crippen LogP contribution in [0.25, 0.3) is 0 Å². The van der Waals surface area contributed by atoms with Gasteiger partial charge in [0, 0.05) is 12.6 Å². The molecular weight excluding hydrogens is 368 g/mol. The topological polar surface area (TPSA) is 146 Å². The summed E-state index contributed by atoms with van der Waals surface area (Å²) in [5.41, 5.74) is 5.32. The molecule has 4 atom stereocenters. The molecule has 3 rings (SSSR count). The van der Waals surface area contributed by atoms with E-state index in [1.54, 1.807) is 30.3 Å². The largest absolute Gasteiger partial charge is 0.467 e. The highest BCUT2D eigenvalue weighted by Crippen LogP contribution is 2.28. The van der Waals surface area contributed by atoms with Crippen LogP contribution in [0.5, 0.6) is 0 Å². The lowest BCUT2D eigenvalue weighted by Crippen LogP contribution is -2.44. The predicted molar refractivity (Wildman–Crippen MR) is 96.8 cm³/mol. The second kappa shape index (κ2) is 8.19. The van der Waals surface area contributed by atoms with Crippen LogP contribution in [-0.4, -0.2) is 45.9 Å². The molecule has 2 aromatic rings. The van der Waals surface area contributed by atoms with Crippen LogP contribution in [0.3, 0.4) is 0 Å². The molecule has 0 saturated carbocycles. The van der Waals surface area contributed by atoms with Crippen molar-refractivity contribution in [1.82, 2.24) is 14.9 Å². The Kier molecular flexibility index (Phi) is 5.71. The second-order valence-corrected chi connectivity index (χ2v) is 6.23. The summed E-state index contributed by atoms with van der Waals surface area (Å²) >= 11 is 0. The van der Waals surface area contributed by atoms with E-state index in [-0.39, 0.29) is 12.2 Å². The number of nitrogens with zero attached hydrogens (tertiary/aromatic N) is 2. The zero-order chi connectivity index (χ0) is 20.3. The zero-order valence-corrected chi connectivity index (χ0v) is 15.0. The molecule has 0 bridgehead atoms. The summed E-state index contributed by atoms with van der Waals surface area (Å²) in [5.74, 6) is -1.31. The zero-order valence-electron chi connectivity index (χ0n) is 15.0. The fourth-order valence-corrected chi connectivity index (χ4v) is 2.97. The van der Waals surface area contributed by atoms with Crippen molar-refractivity contribution in [3.05, 3.63) is 58.6 Å². The standard InChI is InChI=1S/C18H20N4O6/c1-27-17(25)14(10-5-3-2-4-6-10)21-16(24)15-11(23)9-13(28-15)22-8-7-12(19)20-18(22)26/h2-8,11,13-15,23H,9H2,1H3,(H,21,24)(H2,19,20,26). The Morgan fingerprint density at radius 1 is 1.36 bits per heavy atom. The molecule has 0 spiro atoms. The highest BCUT2D eigenvalue weighted by molar-refractivity contribution is 5.88. The van der Waals surface area contributed by atoms with Crippen molar-refractivity contribution in [1.29, 1.82) is 0 Å². The molecule has 0 aliphatic carbocycles. The van der Waals surface area contributed by atoms with E-state index < -0.39 is 42.0 Å². The number of hydrogen-bond donors (Lipinski definition) is 3. The molecule has 1 fully saturated rings. The van der Waals surface area contributed by atoms with Crippen LogP contribution in [-0.2, 0) is 19.1 Å². The minimum Gasteiger partial charge on any atom is -0.467 e. The number of methoxy groups -OCH3 is 1. The molecule has 1 aliphatic heterocycles. The summed E-state index contributed by atoms with van der Waals surface area (Å²) in [4.78, 5) is 40.3. The number of nitrogens with two attached hydrogens (primary N) is 1. The molecule has 1 aliphatic rings. The number of nitrogen functional groups attached to an aromatic ring is 1. The van der Waals surface area contributed by atoms with Gasteiger partial charge in [0.25, 0.3) is 5.91 Å². The third kappa shape index (κ3) is 4.02. The Bertz CT molecular complexity index is 916. The van der Waals surface area contributed by atoms with Gasteiger partial charge in [-0.25, -0.2) is 9.59 Å². The fourth-order valence-electron chi connectivity index (χ4n) is 2.97. The number of nitrogens with one attached hydrogen (secondary N) is 1. The highest BCUT2D eigenvalue weighted by atomic mass is 16.5. The van der Waals surface area contributed by atoms with Crippen LogP contribution in [0, 0.1) is 0 Å². The average molecular weight is 388 g/mol. The molecular formula is C18H20N4O6. The fraction of sp³-hybridized carbons (Fsp3) is 0.333. The van der Waals surface area contributed by atoms with Gasteiger partial charge in [-0.15, -0.1) is 0 Å². The van der Waals surface area contributed by atoms with Crippen LogP contribution >= 0.6 is 0 Å². The van der Waals surface area contributed by atoms with E-state index in [2.05, 4.69) is 10.3 Å². The first kappa shape index (κ1) is 19.5. The minimum atomic E-state index is -1.27. The molecule has 1 aromatic carbocycles. The van der Waals surface area contributed by atoms with Crippen molar-refractivity contribution in [3.8, 4) is 0 Å². The lowest BCUT2D eigenvalue weighted by molar-refractivity contribution is -0.148. The van der Waals surface area contributed by atoms with Crippen molar-refractivity contribution in [2.24, 2.45) is 0 Å². The molecule has 1 saturated heterocycles. The number of ether oxygens (including phenoxy) is 2. The molecule has 10 nitrogen and oxygen atoms in total. The lowest BCUT2D eigenvalue weighted by atomic mass is 10.1. The van der Waals surface area contributed by atoms with E-state index in [0.29, 0.717) is 5.56 Å². The second-order valence-electron chi connectivity index (χ2n) is 6.23. The van der Waals surface area contributed by atoms with Crippen LogP contribution in [0.2, 0.25) is 0 Å². The Morgan fingerprint density at radius 3 is 2.71 bits per heavy atom. The molecule has 0 radical (unpaired) electrons. The Balaban J connectivity index is 1.76.